The van der Waals surface area contributed by atoms with Gasteiger partial charge in [-0.1, -0.05) is 31.0 Å². The van der Waals surface area contributed by atoms with Crippen molar-refractivity contribution < 1.29 is 0 Å². The van der Waals surface area contributed by atoms with E-state index in [1.807, 2.05) is 0 Å². The first-order valence-corrected chi connectivity index (χ1v) is 8.94. The average molecular weight is 307 g/mol. The van der Waals surface area contributed by atoms with Crippen LogP contribution in [0.15, 0.2) is 18.2 Å². The molecule has 1 saturated carbocycles. The monoisotopic (exact) mass is 306 g/mol. The van der Waals surface area contributed by atoms with Gasteiger partial charge in [0.1, 0.15) is 0 Å². The number of halogens is 1. The summed E-state index contributed by atoms with van der Waals surface area (Å²) in [6, 6.07) is 8.10. The third kappa shape index (κ3) is 3.92. The van der Waals surface area contributed by atoms with Crippen LogP contribution in [0.4, 0.5) is 5.69 Å². The molecule has 1 aliphatic heterocycles. The van der Waals surface area contributed by atoms with Crippen molar-refractivity contribution in [3.05, 3.63) is 28.8 Å². The molecule has 0 radical (unpaired) electrons. The number of benzene rings is 1. The smallest absolute Gasteiger partial charge is 0.0471 e. The van der Waals surface area contributed by atoms with E-state index in [-0.39, 0.29) is 0 Å². The third-order valence-electron chi connectivity index (χ3n) is 4.78. The highest BCUT2D eigenvalue weighted by atomic mass is 35.5. The van der Waals surface area contributed by atoms with E-state index in [4.69, 9.17) is 11.6 Å². The fraction of sp³-hybridized carbons (Fsp3) is 0.667. The van der Waals surface area contributed by atoms with Crippen molar-refractivity contribution in [3.63, 3.8) is 0 Å². The van der Waals surface area contributed by atoms with Crippen LogP contribution in [-0.4, -0.2) is 18.6 Å². The van der Waals surface area contributed by atoms with E-state index < -0.39 is 0 Å². The van der Waals surface area contributed by atoms with Gasteiger partial charge in [0, 0.05) is 35.9 Å². The molecule has 2 fully saturated rings. The molecule has 0 spiro atoms. The molecule has 3 heteroatoms. The molecule has 1 aliphatic carbocycles. The Kier molecular flexibility index (Phi) is 5.07. The Labute approximate surface area is 133 Å². The molecule has 116 valence electrons. The van der Waals surface area contributed by atoms with Crippen LogP contribution in [0.1, 0.15) is 57.4 Å². The van der Waals surface area contributed by atoms with Gasteiger partial charge < -0.3 is 10.2 Å². The number of hydrogen-bond acceptors (Lipinski definition) is 2. The number of nitrogens with zero attached hydrogens (tertiary/aromatic N) is 1. The molecule has 1 N–H and O–H groups in total. The molecule has 0 bridgehead atoms. The average Bonchev–Trinajstić information content (AvgIpc) is 3.31. The van der Waals surface area contributed by atoms with Gasteiger partial charge in [-0.05, 0) is 56.2 Å². The van der Waals surface area contributed by atoms with Crippen LogP contribution in [-0.2, 0) is 6.54 Å². The number of nitrogens with one attached hydrogen (secondary N) is 1. The molecule has 1 unspecified atom stereocenters. The van der Waals surface area contributed by atoms with Crippen LogP contribution in [0.25, 0.3) is 0 Å². The lowest BCUT2D eigenvalue weighted by molar-refractivity contribution is 0.435. The van der Waals surface area contributed by atoms with E-state index in [2.05, 4.69) is 35.3 Å². The molecule has 1 aromatic rings. The summed E-state index contributed by atoms with van der Waals surface area (Å²) in [5.74, 6) is 0. The number of hydrogen-bond donors (Lipinski definition) is 1. The fourth-order valence-electron chi connectivity index (χ4n) is 3.37. The molecule has 1 saturated heterocycles. The van der Waals surface area contributed by atoms with Crippen LogP contribution in [0, 0.1) is 0 Å². The zero-order chi connectivity index (χ0) is 14.7. The van der Waals surface area contributed by atoms with Gasteiger partial charge in [0.2, 0.25) is 0 Å². The van der Waals surface area contributed by atoms with Gasteiger partial charge in [-0.2, -0.15) is 0 Å². The van der Waals surface area contributed by atoms with Crippen molar-refractivity contribution >= 4 is 17.3 Å². The van der Waals surface area contributed by atoms with Gasteiger partial charge in [-0.25, -0.2) is 0 Å². The van der Waals surface area contributed by atoms with E-state index in [9.17, 15) is 0 Å². The zero-order valence-corrected chi connectivity index (χ0v) is 13.8. The van der Waals surface area contributed by atoms with Gasteiger partial charge in [0.25, 0.3) is 0 Å². The van der Waals surface area contributed by atoms with E-state index in [0.29, 0.717) is 6.04 Å². The largest absolute Gasteiger partial charge is 0.369 e. The Morgan fingerprint density at radius 2 is 2.10 bits per heavy atom. The molecule has 0 amide bonds. The van der Waals surface area contributed by atoms with Gasteiger partial charge in [-0.15, -0.1) is 0 Å². The summed E-state index contributed by atoms with van der Waals surface area (Å²) in [5, 5.41) is 4.46. The Morgan fingerprint density at radius 1 is 1.24 bits per heavy atom. The van der Waals surface area contributed by atoms with E-state index in [1.54, 1.807) is 0 Å². The normalized spacial score (nSPS) is 22.6. The first-order valence-electron chi connectivity index (χ1n) is 8.56. The number of anilines is 1. The first kappa shape index (κ1) is 15.2. The summed E-state index contributed by atoms with van der Waals surface area (Å²) in [5.41, 5.74) is 2.55. The molecule has 1 heterocycles. The summed E-state index contributed by atoms with van der Waals surface area (Å²) < 4.78 is 0. The molecular formula is C18H27ClN2. The summed E-state index contributed by atoms with van der Waals surface area (Å²) in [6.45, 7) is 4.37. The molecule has 2 nitrogen and oxygen atoms in total. The van der Waals surface area contributed by atoms with Crippen molar-refractivity contribution in [2.45, 2.75) is 70.5 Å². The summed E-state index contributed by atoms with van der Waals surface area (Å²) in [4.78, 5) is 2.58. The predicted octanol–water partition coefficient (Wildman–Crippen LogP) is 4.75. The Hall–Kier alpha value is -0.730. The second-order valence-electron chi connectivity index (χ2n) is 6.56. The molecular weight excluding hydrogens is 280 g/mol. The van der Waals surface area contributed by atoms with Crippen molar-refractivity contribution in [2.24, 2.45) is 0 Å². The highest BCUT2D eigenvalue weighted by Crippen LogP contribution is 2.31. The SMILES string of the molecule is CCCC1CCCCN1c1ccc(CNC2CC2)c(Cl)c1. The standard InChI is InChI=1S/C18H27ClN2/c1-2-5-16-6-3-4-11-21(16)17-10-7-14(18(19)12-17)13-20-15-8-9-15/h7,10,12,15-16,20H,2-6,8-9,11,13H2,1H3. The van der Waals surface area contributed by atoms with E-state index in [1.165, 1.54) is 62.7 Å². The predicted molar refractivity (Wildman–Crippen MR) is 91.2 cm³/mol. The van der Waals surface area contributed by atoms with Gasteiger partial charge >= 0.3 is 0 Å². The molecule has 1 aromatic carbocycles. The second-order valence-corrected chi connectivity index (χ2v) is 6.97. The van der Waals surface area contributed by atoms with Crippen molar-refractivity contribution in [1.29, 1.82) is 0 Å². The lowest BCUT2D eigenvalue weighted by Crippen LogP contribution is -2.39. The Bertz CT molecular complexity index is 468. The Balaban J connectivity index is 1.69. The van der Waals surface area contributed by atoms with Gasteiger partial charge in [0.05, 0.1) is 0 Å². The topological polar surface area (TPSA) is 15.3 Å². The molecule has 1 atom stereocenters. The highest BCUT2D eigenvalue weighted by molar-refractivity contribution is 6.31. The van der Waals surface area contributed by atoms with Crippen LogP contribution >= 0.6 is 11.6 Å². The lowest BCUT2D eigenvalue weighted by Gasteiger charge is -2.38. The maximum Gasteiger partial charge on any atom is 0.0471 e. The molecule has 21 heavy (non-hydrogen) atoms. The van der Waals surface area contributed by atoms with Crippen molar-refractivity contribution in [3.8, 4) is 0 Å². The van der Waals surface area contributed by atoms with Gasteiger partial charge in [-0.3, -0.25) is 0 Å². The first-order chi connectivity index (χ1) is 10.3. The molecule has 2 aliphatic rings. The third-order valence-corrected chi connectivity index (χ3v) is 5.13. The van der Waals surface area contributed by atoms with Crippen LogP contribution < -0.4 is 10.2 Å². The van der Waals surface area contributed by atoms with Crippen LogP contribution in [0.5, 0.6) is 0 Å². The van der Waals surface area contributed by atoms with E-state index >= 15 is 0 Å². The quantitative estimate of drug-likeness (QED) is 0.816. The van der Waals surface area contributed by atoms with Crippen molar-refractivity contribution in [2.75, 3.05) is 11.4 Å². The van der Waals surface area contributed by atoms with Crippen LogP contribution in [0.3, 0.4) is 0 Å². The van der Waals surface area contributed by atoms with Crippen molar-refractivity contribution in [1.82, 2.24) is 5.32 Å². The summed E-state index contributed by atoms with van der Waals surface area (Å²) in [6.07, 6.45) is 9.21. The van der Waals surface area contributed by atoms with E-state index in [0.717, 1.165) is 17.6 Å². The summed E-state index contributed by atoms with van der Waals surface area (Å²) >= 11 is 6.51. The lowest BCUT2D eigenvalue weighted by atomic mass is 9.97. The maximum absolute atomic E-state index is 6.51. The minimum atomic E-state index is 0.704. The second kappa shape index (κ2) is 7.02. The number of piperidine rings is 1. The highest BCUT2D eigenvalue weighted by Gasteiger charge is 2.23. The molecule has 3 rings (SSSR count). The number of rotatable bonds is 6. The Morgan fingerprint density at radius 3 is 2.81 bits per heavy atom. The minimum absolute atomic E-state index is 0.704. The zero-order valence-electron chi connectivity index (χ0n) is 13.1. The molecule has 0 aromatic heterocycles. The van der Waals surface area contributed by atoms with Gasteiger partial charge in [0.15, 0.2) is 0 Å². The van der Waals surface area contributed by atoms with Crippen LogP contribution in [0.2, 0.25) is 5.02 Å². The summed E-state index contributed by atoms with van der Waals surface area (Å²) in [7, 11) is 0. The fourth-order valence-corrected chi connectivity index (χ4v) is 3.62. The maximum atomic E-state index is 6.51. The minimum Gasteiger partial charge on any atom is -0.369 e.